The third kappa shape index (κ3) is 3.57. The van der Waals surface area contributed by atoms with Gasteiger partial charge in [0.2, 0.25) is 5.91 Å². The van der Waals surface area contributed by atoms with E-state index in [1.165, 1.54) is 5.56 Å². The molecule has 1 heterocycles. The standard InChI is InChI=1S/C15H22N2O/c1-13-6-2-3-7-14(13)12-15(18)17-10-5-4-8-16-9-11-17/h2-3,6-7,16H,4-5,8-12H2,1H3. The van der Waals surface area contributed by atoms with Crippen LogP contribution in [0.3, 0.4) is 0 Å². The fraction of sp³-hybridized carbons (Fsp3) is 0.533. The average Bonchev–Trinajstić information content (AvgIpc) is 2.31. The fourth-order valence-electron chi connectivity index (χ4n) is 2.34. The number of nitrogens with one attached hydrogen (secondary N) is 1. The zero-order chi connectivity index (χ0) is 12.8. The minimum Gasteiger partial charge on any atom is -0.341 e. The molecule has 0 spiro atoms. The Morgan fingerprint density at radius 3 is 2.89 bits per heavy atom. The second-order valence-corrected chi connectivity index (χ2v) is 4.94. The molecule has 18 heavy (non-hydrogen) atoms. The summed E-state index contributed by atoms with van der Waals surface area (Å²) in [6.45, 7) is 5.81. The maximum atomic E-state index is 12.3. The first-order chi connectivity index (χ1) is 8.77. The van der Waals surface area contributed by atoms with Crippen LogP contribution in [0.25, 0.3) is 0 Å². The average molecular weight is 246 g/mol. The Balaban J connectivity index is 1.96. The van der Waals surface area contributed by atoms with E-state index in [0.29, 0.717) is 6.42 Å². The summed E-state index contributed by atoms with van der Waals surface area (Å²) in [7, 11) is 0. The lowest BCUT2D eigenvalue weighted by Crippen LogP contribution is -2.40. The largest absolute Gasteiger partial charge is 0.341 e. The molecule has 1 saturated heterocycles. The molecule has 1 N–H and O–H groups in total. The number of aryl methyl sites for hydroxylation is 1. The van der Waals surface area contributed by atoms with Crippen LogP contribution in [0.15, 0.2) is 24.3 Å². The highest BCUT2D eigenvalue weighted by atomic mass is 16.2. The number of benzene rings is 1. The first-order valence-electron chi connectivity index (χ1n) is 6.80. The van der Waals surface area contributed by atoms with Gasteiger partial charge in [0.05, 0.1) is 6.42 Å². The molecule has 0 aromatic heterocycles. The molecule has 1 amide bonds. The fourth-order valence-corrected chi connectivity index (χ4v) is 2.34. The SMILES string of the molecule is Cc1ccccc1CC(=O)N1CCCCNCC1. The molecule has 0 saturated carbocycles. The lowest BCUT2D eigenvalue weighted by atomic mass is 10.1. The molecule has 0 aliphatic carbocycles. The summed E-state index contributed by atoms with van der Waals surface area (Å²) in [6.07, 6.45) is 2.80. The van der Waals surface area contributed by atoms with Gasteiger partial charge in [-0.15, -0.1) is 0 Å². The minimum absolute atomic E-state index is 0.257. The number of hydrogen-bond donors (Lipinski definition) is 1. The summed E-state index contributed by atoms with van der Waals surface area (Å²) in [6, 6.07) is 8.14. The van der Waals surface area contributed by atoms with E-state index in [4.69, 9.17) is 0 Å². The summed E-state index contributed by atoms with van der Waals surface area (Å²) >= 11 is 0. The molecule has 1 aliphatic rings. The van der Waals surface area contributed by atoms with Crippen LogP contribution in [0.5, 0.6) is 0 Å². The van der Waals surface area contributed by atoms with E-state index in [2.05, 4.69) is 24.4 Å². The van der Waals surface area contributed by atoms with Crippen LogP contribution in [0.4, 0.5) is 0 Å². The summed E-state index contributed by atoms with van der Waals surface area (Å²) in [5, 5.41) is 3.35. The first kappa shape index (κ1) is 13.1. The Morgan fingerprint density at radius 2 is 2.06 bits per heavy atom. The predicted octanol–water partition coefficient (Wildman–Crippen LogP) is 1.75. The van der Waals surface area contributed by atoms with Gasteiger partial charge < -0.3 is 10.2 Å². The Bertz CT molecular complexity index is 395. The van der Waals surface area contributed by atoms with Gasteiger partial charge in [-0.3, -0.25) is 4.79 Å². The highest BCUT2D eigenvalue weighted by molar-refractivity contribution is 5.79. The lowest BCUT2D eigenvalue weighted by molar-refractivity contribution is -0.130. The normalized spacial score (nSPS) is 17.1. The first-order valence-corrected chi connectivity index (χ1v) is 6.80. The number of rotatable bonds is 2. The number of amides is 1. The van der Waals surface area contributed by atoms with Crippen molar-refractivity contribution >= 4 is 5.91 Å². The van der Waals surface area contributed by atoms with Crippen molar-refractivity contribution in [2.24, 2.45) is 0 Å². The maximum absolute atomic E-state index is 12.3. The van der Waals surface area contributed by atoms with Crippen molar-refractivity contribution in [1.82, 2.24) is 10.2 Å². The van der Waals surface area contributed by atoms with Crippen LogP contribution >= 0.6 is 0 Å². The zero-order valence-corrected chi connectivity index (χ0v) is 11.1. The minimum atomic E-state index is 0.257. The van der Waals surface area contributed by atoms with E-state index in [1.807, 2.05) is 17.0 Å². The van der Waals surface area contributed by atoms with Gasteiger partial charge in [-0.25, -0.2) is 0 Å². The topological polar surface area (TPSA) is 32.3 Å². The molecule has 1 aromatic carbocycles. The molecule has 0 radical (unpaired) electrons. The van der Waals surface area contributed by atoms with Gasteiger partial charge in [0, 0.05) is 19.6 Å². The zero-order valence-electron chi connectivity index (χ0n) is 11.1. The molecule has 3 nitrogen and oxygen atoms in total. The Labute approximate surface area is 109 Å². The third-order valence-corrected chi connectivity index (χ3v) is 3.55. The number of nitrogens with zero attached hydrogens (tertiary/aromatic N) is 1. The molecule has 3 heteroatoms. The number of hydrogen-bond acceptors (Lipinski definition) is 2. The lowest BCUT2D eigenvalue weighted by Gasteiger charge is -2.25. The summed E-state index contributed by atoms with van der Waals surface area (Å²) in [5.41, 5.74) is 2.36. The third-order valence-electron chi connectivity index (χ3n) is 3.55. The van der Waals surface area contributed by atoms with E-state index in [9.17, 15) is 4.79 Å². The van der Waals surface area contributed by atoms with Crippen LogP contribution < -0.4 is 5.32 Å². The maximum Gasteiger partial charge on any atom is 0.227 e. The van der Waals surface area contributed by atoms with Crippen LogP contribution in [-0.4, -0.2) is 37.0 Å². The monoisotopic (exact) mass is 246 g/mol. The van der Waals surface area contributed by atoms with E-state index < -0.39 is 0 Å². The van der Waals surface area contributed by atoms with Crippen molar-refractivity contribution in [3.63, 3.8) is 0 Å². The Morgan fingerprint density at radius 1 is 1.22 bits per heavy atom. The van der Waals surface area contributed by atoms with Crippen molar-refractivity contribution < 1.29 is 4.79 Å². The van der Waals surface area contributed by atoms with Gasteiger partial charge in [-0.1, -0.05) is 24.3 Å². The number of carbonyl (C=O) groups excluding carboxylic acids is 1. The van der Waals surface area contributed by atoms with Crippen LogP contribution in [0.2, 0.25) is 0 Å². The Hall–Kier alpha value is -1.35. The smallest absolute Gasteiger partial charge is 0.227 e. The van der Waals surface area contributed by atoms with Crippen LogP contribution in [0, 0.1) is 6.92 Å². The molecule has 0 unspecified atom stereocenters. The molecule has 1 fully saturated rings. The van der Waals surface area contributed by atoms with Crippen molar-refractivity contribution in [3.8, 4) is 0 Å². The molecule has 2 rings (SSSR count). The summed E-state index contributed by atoms with van der Waals surface area (Å²) in [4.78, 5) is 14.3. The molecule has 0 bridgehead atoms. The second-order valence-electron chi connectivity index (χ2n) is 4.94. The quantitative estimate of drug-likeness (QED) is 0.862. The molecule has 1 aliphatic heterocycles. The molecular formula is C15H22N2O. The van der Waals surface area contributed by atoms with Crippen molar-refractivity contribution in [2.45, 2.75) is 26.2 Å². The van der Waals surface area contributed by atoms with E-state index in [1.54, 1.807) is 0 Å². The Kier molecular flexibility index (Phi) is 4.76. The van der Waals surface area contributed by atoms with Crippen LogP contribution in [0.1, 0.15) is 24.0 Å². The molecule has 98 valence electrons. The van der Waals surface area contributed by atoms with Gasteiger partial charge in [0.25, 0.3) is 0 Å². The highest BCUT2D eigenvalue weighted by Gasteiger charge is 2.15. The van der Waals surface area contributed by atoms with Gasteiger partial charge in [0.1, 0.15) is 0 Å². The summed E-state index contributed by atoms with van der Waals surface area (Å²) in [5.74, 6) is 0.257. The van der Waals surface area contributed by atoms with Crippen molar-refractivity contribution in [3.05, 3.63) is 35.4 Å². The van der Waals surface area contributed by atoms with Gasteiger partial charge in [-0.2, -0.15) is 0 Å². The molecule has 0 atom stereocenters. The van der Waals surface area contributed by atoms with Crippen molar-refractivity contribution in [2.75, 3.05) is 26.2 Å². The van der Waals surface area contributed by atoms with Crippen molar-refractivity contribution in [1.29, 1.82) is 0 Å². The molecule has 1 aromatic rings. The van der Waals surface area contributed by atoms with E-state index in [-0.39, 0.29) is 5.91 Å². The van der Waals surface area contributed by atoms with Gasteiger partial charge in [0.15, 0.2) is 0 Å². The predicted molar refractivity (Wildman–Crippen MR) is 73.6 cm³/mol. The summed E-state index contributed by atoms with van der Waals surface area (Å²) < 4.78 is 0. The van der Waals surface area contributed by atoms with Gasteiger partial charge >= 0.3 is 0 Å². The number of carbonyl (C=O) groups is 1. The van der Waals surface area contributed by atoms with Gasteiger partial charge in [-0.05, 0) is 37.4 Å². The molecular weight excluding hydrogens is 224 g/mol. The van der Waals surface area contributed by atoms with E-state index in [0.717, 1.165) is 44.6 Å². The highest BCUT2D eigenvalue weighted by Crippen LogP contribution is 2.10. The van der Waals surface area contributed by atoms with Crippen LogP contribution in [-0.2, 0) is 11.2 Å². The second kappa shape index (κ2) is 6.55. The van der Waals surface area contributed by atoms with E-state index >= 15 is 0 Å².